The van der Waals surface area contributed by atoms with Crippen molar-refractivity contribution in [2.45, 2.75) is 51.9 Å². The second-order valence-corrected chi connectivity index (χ2v) is 9.45. The van der Waals surface area contributed by atoms with E-state index in [1.807, 2.05) is 24.3 Å². The Hall–Kier alpha value is -4.46. The van der Waals surface area contributed by atoms with Crippen LogP contribution in [-0.2, 0) is 11.2 Å². The summed E-state index contributed by atoms with van der Waals surface area (Å²) in [5.41, 5.74) is 14.1. The largest absolute Gasteiger partial charge is 0.494 e. The van der Waals surface area contributed by atoms with E-state index >= 15 is 0 Å². The summed E-state index contributed by atoms with van der Waals surface area (Å²) in [4.78, 5) is 23.7. The minimum absolute atomic E-state index is 0.161. The Morgan fingerprint density at radius 2 is 1.40 bits per heavy atom. The summed E-state index contributed by atoms with van der Waals surface area (Å²) in [6.45, 7) is 3.36. The minimum Gasteiger partial charge on any atom is -0.494 e. The number of benzene rings is 3. The molecule has 0 radical (unpaired) electrons. The number of hydrogen-bond donors (Lipinski definition) is 3. The molecular weight excluding hydrogens is 508 g/mol. The monoisotopic (exact) mass is 546 g/mol. The van der Waals surface area contributed by atoms with E-state index < -0.39 is 11.9 Å². The maximum Gasteiger partial charge on any atom is 0.336 e. The van der Waals surface area contributed by atoms with Crippen LogP contribution >= 0.6 is 0 Å². The third-order valence-electron chi connectivity index (χ3n) is 6.23. The molecule has 0 spiro atoms. The van der Waals surface area contributed by atoms with Crippen molar-refractivity contribution in [2.75, 3.05) is 24.7 Å². The Balaban J connectivity index is 1.35. The Morgan fingerprint density at radius 1 is 0.800 bits per heavy atom. The lowest BCUT2D eigenvalue weighted by Crippen LogP contribution is -2.08. The van der Waals surface area contributed by atoms with Crippen LogP contribution in [-0.4, -0.2) is 30.3 Å². The fourth-order valence-electron chi connectivity index (χ4n) is 4.09. The molecule has 0 aliphatic rings. The van der Waals surface area contributed by atoms with E-state index in [0.717, 1.165) is 55.6 Å². The number of nitrogen functional groups attached to an aromatic ring is 2. The molecule has 0 aliphatic carbocycles. The number of rotatable bonds is 16. The molecule has 0 aliphatic heterocycles. The molecule has 0 amide bonds. The Morgan fingerprint density at radius 3 is 2.02 bits per heavy atom. The predicted octanol–water partition coefficient (Wildman–Crippen LogP) is 6.53. The summed E-state index contributed by atoms with van der Waals surface area (Å²) in [6, 6.07) is 17.5. The zero-order valence-corrected chi connectivity index (χ0v) is 22.9. The van der Waals surface area contributed by atoms with E-state index in [1.165, 1.54) is 12.1 Å². The van der Waals surface area contributed by atoms with Crippen LogP contribution in [0.2, 0.25) is 0 Å². The van der Waals surface area contributed by atoms with Crippen molar-refractivity contribution in [3.8, 4) is 17.2 Å². The van der Waals surface area contributed by atoms with Crippen LogP contribution in [0.4, 0.5) is 11.4 Å². The van der Waals surface area contributed by atoms with Gasteiger partial charge in [0.1, 0.15) is 17.2 Å². The molecule has 8 heteroatoms. The van der Waals surface area contributed by atoms with Crippen LogP contribution in [0.25, 0.3) is 6.08 Å². The molecule has 3 aromatic rings. The van der Waals surface area contributed by atoms with Crippen LogP contribution in [0.5, 0.6) is 17.2 Å². The van der Waals surface area contributed by atoms with E-state index in [0.29, 0.717) is 42.3 Å². The zero-order chi connectivity index (χ0) is 28.7. The summed E-state index contributed by atoms with van der Waals surface area (Å²) in [6.07, 6.45) is 9.40. The van der Waals surface area contributed by atoms with Crippen molar-refractivity contribution in [1.82, 2.24) is 0 Å². The van der Waals surface area contributed by atoms with E-state index in [2.05, 4.69) is 6.92 Å². The van der Waals surface area contributed by atoms with E-state index in [-0.39, 0.29) is 5.56 Å². The van der Waals surface area contributed by atoms with Crippen LogP contribution in [0.1, 0.15) is 66.9 Å². The van der Waals surface area contributed by atoms with Gasteiger partial charge in [-0.1, -0.05) is 31.9 Å². The molecule has 5 N–H and O–H groups in total. The Labute approximate surface area is 235 Å². The van der Waals surface area contributed by atoms with E-state index in [1.54, 1.807) is 36.4 Å². The fraction of sp³-hybridized carbons (Fsp3) is 0.312. The van der Waals surface area contributed by atoms with Crippen LogP contribution in [0, 0.1) is 0 Å². The number of hydrogen-bond acceptors (Lipinski definition) is 7. The SMILES string of the molecule is CCCCCOc1ccc(OC(=O)/C=C/c2ccc(OCCCCCc3c(N)cc(N)cc3C(=O)O)cc2)cc1. The highest BCUT2D eigenvalue weighted by Crippen LogP contribution is 2.24. The highest BCUT2D eigenvalue weighted by molar-refractivity contribution is 5.92. The standard InChI is InChI=1S/C32H38N2O6/c1-2-3-6-19-38-26-14-16-27(17-15-26)40-31(35)18-11-23-9-12-25(13-10-23)39-20-7-4-5-8-28-29(32(36)37)21-24(33)22-30(28)34/h9-18,21-22H,2-8,19-20,33-34H2,1H3,(H,36,37)/b18-11+. The first-order valence-electron chi connectivity index (χ1n) is 13.6. The molecule has 212 valence electrons. The molecule has 0 bridgehead atoms. The zero-order valence-electron chi connectivity index (χ0n) is 22.9. The topological polar surface area (TPSA) is 134 Å². The van der Waals surface area contributed by atoms with Crippen molar-refractivity contribution >= 4 is 29.4 Å². The smallest absolute Gasteiger partial charge is 0.336 e. The van der Waals surface area contributed by atoms with Crippen LogP contribution in [0.3, 0.4) is 0 Å². The van der Waals surface area contributed by atoms with Gasteiger partial charge >= 0.3 is 11.9 Å². The second kappa shape index (κ2) is 15.8. The maximum atomic E-state index is 12.2. The molecule has 0 fully saturated rings. The van der Waals surface area contributed by atoms with Crippen molar-refractivity contribution in [1.29, 1.82) is 0 Å². The van der Waals surface area contributed by atoms with Crippen LogP contribution < -0.4 is 25.7 Å². The van der Waals surface area contributed by atoms with Gasteiger partial charge in [0.2, 0.25) is 0 Å². The van der Waals surface area contributed by atoms with Gasteiger partial charge in [0.05, 0.1) is 18.8 Å². The summed E-state index contributed by atoms with van der Waals surface area (Å²) < 4.78 is 16.8. The van der Waals surface area contributed by atoms with E-state index in [4.69, 9.17) is 25.7 Å². The minimum atomic E-state index is -1.03. The quantitative estimate of drug-likeness (QED) is 0.0607. The Kier molecular flexibility index (Phi) is 11.9. The highest BCUT2D eigenvalue weighted by Gasteiger charge is 2.14. The van der Waals surface area contributed by atoms with Crippen molar-refractivity contribution in [2.24, 2.45) is 0 Å². The molecule has 0 atom stereocenters. The first kappa shape index (κ1) is 30.1. The summed E-state index contributed by atoms with van der Waals surface area (Å²) >= 11 is 0. The van der Waals surface area contributed by atoms with Gasteiger partial charge < -0.3 is 30.8 Å². The molecule has 3 rings (SSSR count). The molecule has 0 saturated carbocycles. The third kappa shape index (κ3) is 10.0. The maximum absolute atomic E-state index is 12.2. The number of nitrogens with two attached hydrogens (primary N) is 2. The number of unbranched alkanes of at least 4 members (excludes halogenated alkanes) is 4. The lowest BCUT2D eigenvalue weighted by molar-refractivity contribution is -0.128. The van der Waals surface area contributed by atoms with Gasteiger partial charge in [-0.25, -0.2) is 9.59 Å². The van der Waals surface area contributed by atoms with Gasteiger partial charge in [0.15, 0.2) is 0 Å². The molecular formula is C32H38N2O6. The average Bonchev–Trinajstić information content (AvgIpc) is 2.94. The highest BCUT2D eigenvalue weighted by atomic mass is 16.5. The van der Waals surface area contributed by atoms with Gasteiger partial charge in [0.25, 0.3) is 0 Å². The number of ether oxygens (including phenoxy) is 3. The Bertz CT molecular complexity index is 1270. The molecule has 0 unspecified atom stereocenters. The number of carbonyl (C=O) groups excluding carboxylic acids is 1. The normalized spacial score (nSPS) is 10.9. The van der Waals surface area contributed by atoms with Crippen molar-refractivity contribution in [3.63, 3.8) is 0 Å². The number of aromatic carboxylic acids is 1. The van der Waals surface area contributed by atoms with Crippen LogP contribution in [0.15, 0.2) is 66.7 Å². The first-order chi connectivity index (χ1) is 19.4. The number of carboxylic acids is 1. The third-order valence-corrected chi connectivity index (χ3v) is 6.23. The van der Waals surface area contributed by atoms with Gasteiger partial charge in [0, 0.05) is 17.5 Å². The molecule has 40 heavy (non-hydrogen) atoms. The van der Waals surface area contributed by atoms with Crippen molar-refractivity contribution in [3.05, 3.63) is 83.4 Å². The molecule has 3 aromatic carbocycles. The molecule has 0 heterocycles. The number of esters is 1. The van der Waals surface area contributed by atoms with Gasteiger partial charge in [-0.15, -0.1) is 0 Å². The summed E-state index contributed by atoms with van der Waals surface area (Å²) in [5, 5.41) is 9.40. The summed E-state index contributed by atoms with van der Waals surface area (Å²) in [5.74, 6) is 0.451. The number of carbonyl (C=O) groups is 2. The van der Waals surface area contributed by atoms with Crippen molar-refractivity contribution < 1.29 is 28.9 Å². The lowest BCUT2D eigenvalue weighted by Gasteiger charge is -2.11. The molecule has 8 nitrogen and oxygen atoms in total. The van der Waals surface area contributed by atoms with Gasteiger partial charge in [-0.05, 0) is 97.8 Å². The lowest BCUT2D eigenvalue weighted by atomic mass is 9.98. The second-order valence-electron chi connectivity index (χ2n) is 9.45. The summed E-state index contributed by atoms with van der Waals surface area (Å²) in [7, 11) is 0. The predicted molar refractivity (Wildman–Crippen MR) is 158 cm³/mol. The number of carboxylic acid groups (broad SMARTS) is 1. The fourth-order valence-corrected chi connectivity index (χ4v) is 4.09. The molecule has 0 saturated heterocycles. The first-order valence-corrected chi connectivity index (χ1v) is 13.6. The van der Waals surface area contributed by atoms with Gasteiger partial charge in [-0.2, -0.15) is 0 Å². The number of anilines is 2. The average molecular weight is 547 g/mol. The molecule has 0 aromatic heterocycles. The van der Waals surface area contributed by atoms with Gasteiger partial charge in [-0.3, -0.25) is 0 Å². The van der Waals surface area contributed by atoms with E-state index in [9.17, 15) is 14.7 Å².